The van der Waals surface area contributed by atoms with Crippen molar-refractivity contribution in [1.82, 2.24) is 10.2 Å². The molecule has 1 aliphatic rings. The van der Waals surface area contributed by atoms with E-state index in [1.807, 2.05) is 30.3 Å². The topological polar surface area (TPSA) is 78.9 Å². The van der Waals surface area contributed by atoms with Gasteiger partial charge in [-0.2, -0.15) is 0 Å². The number of amides is 1. The molecule has 0 spiro atoms. The average Bonchev–Trinajstić information content (AvgIpc) is 3.04. The van der Waals surface area contributed by atoms with Crippen molar-refractivity contribution in [2.45, 2.75) is 71.1 Å². The fraction of sp³-hybridized carbons (Fsp3) is 0.652. The zero-order valence-corrected chi connectivity index (χ0v) is 18.1. The molecule has 1 fully saturated rings. The van der Waals surface area contributed by atoms with E-state index in [1.54, 1.807) is 7.11 Å². The molecule has 0 aromatic heterocycles. The number of carboxylic acids is 1. The van der Waals surface area contributed by atoms with Gasteiger partial charge in [0, 0.05) is 38.6 Å². The molecular formula is C23H36N2O4. The van der Waals surface area contributed by atoms with Gasteiger partial charge in [0.1, 0.15) is 6.04 Å². The minimum atomic E-state index is -0.811. The Hall–Kier alpha value is -1.92. The number of benzene rings is 1. The maximum atomic E-state index is 12.1. The number of hydrogen-bond acceptors (Lipinski definition) is 4. The summed E-state index contributed by atoms with van der Waals surface area (Å²) in [6.07, 6.45) is 3.44. The highest BCUT2D eigenvalue weighted by Crippen LogP contribution is 2.36. The van der Waals surface area contributed by atoms with E-state index in [0.29, 0.717) is 25.5 Å². The van der Waals surface area contributed by atoms with E-state index < -0.39 is 12.0 Å². The summed E-state index contributed by atoms with van der Waals surface area (Å²) in [6.45, 7) is 6.90. The van der Waals surface area contributed by atoms with Crippen LogP contribution in [-0.2, 0) is 20.9 Å². The Balaban J connectivity index is 2.40. The number of likely N-dealkylation sites (tertiary alicyclic amines) is 1. The average molecular weight is 405 g/mol. The predicted molar refractivity (Wildman–Crippen MR) is 113 cm³/mol. The van der Waals surface area contributed by atoms with E-state index >= 15 is 0 Å². The Morgan fingerprint density at radius 1 is 1.24 bits per heavy atom. The van der Waals surface area contributed by atoms with E-state index in [1.165, 1.54) is 6.92 Å². The van der Waals surface area contributed by atoms with Gasteiger partial charge in [-0.3, -0.25) is 14.5 Å². The number of nitrogens with one attached hydrogen (secondary N) is 1. The molecule has 0 radical (unpaired) electrons. The van der Waals surface area contributed by atoms with Crippen LogP contribution in [0.3, 0.4) is 0 Å². The number of carbonyl (C=O) groups is 2. The third kappa shape index (κ3) is 6.28. The van der Waals surface area contributed by atoms with Gasteiger partial charge in [0.25, 0.3) is 0 Å². The third-order valence-electron chi connectivity index (χ3n) is 6.21. The molecule has 1 aliphatic heterocycles. The Labute approximate surface area is 174 Å². The molecule has 1 heterocycles. The second-order valence-electron chi connectivity index (χ2n) is 8.18. The summed E-state index contributed by atoms with van der Waals surface area (Å²) >= 11 is 0. The van der Waals surface area contributed by atoms with E-state index in [2.05, 4.69) is 24.1 Å². The third-order valence-corrected chi connectivity index (χ3v) is 6.21. The zero-order valence-electron chi connectivity index (χ0n) is 18.1. The van der Waals surface area contributed by atoms with Gasteiger partial charge in [-0.15, -0.1) is 0 Å². The Bertz CT molecular complexity index is 648. The largest absolute Gasteiger partial charge is 0.480 e. The summed E-state index contributed by atoms with van der Waals surface area (Å²) in [5.74, 6) is -0.349. The van der Waals surface area contributed by atoms with Gasteiger partial charge < -0.3 is 15.2 Å². The Kier molecular flexibility index (Phi) is 9.11. The van der Waals surface area contributed by atoms with E-state index in [-0.39, 0.29) is 23.9 Å². The molecule has 0 unspecified atom stereocenters. The maximum Gasteiger partial charge on any atom is 0.320 e. The fourth-order valence-corrected chi connectivity index (χ4v) is 4.76. The first-order valence-electron chi connectivity index (χ1n) is 10.7. The fourth-order valence-electron chi connectivity index (χ4n) is 4.76. The van der Waals surface area contributed by atoms with Crippen LogP contribution in [0.1, 0.15) is 52.0 Å². The first kappa shape index (κ1) is 23.4. The number of carbonyl (C=O) groups excluding carboxylic acids is 1. The van der Waals surface area contributed by atoms with Crippen molar-refractivity contribution < 1.29 is 19.4 Å². The van der Waals surface area contributed by atoms with Crippen LogP contribution in [0.2, 0.25) is 0 Å². The molecule has 6 nitrogen and oxygen atoms in total. The van der Waals surface area contributed by atoms with E-state index in [0.717, 1.165) is 24.8 Å². The number of carboxylic acid groups (broad SMARTS) is 1. The molecule has 1 aromatic rings. The second-order valence-corrected chi connectivity index (χ2v) is 8.18. The summed E-state index contributed by atoms with van der Waals surface area (Å²) in [7, 11) is 1.65. The molecule has 162 valence electrons. The van der Waals surface area contributed by atoms with Gasteiger partial charge >= 0.3 is 5.97 Å². The molecule has 0 saturated carbocycles. The van der Waals surface area contributed by atoms with E-state index in [9.17, 15) is 14.7 Å². The van der Waals surface area contributed by atoms with Crippen LogP contribution in [0.4, 0.5) is 0 Å². The lowest BCUT2D eigenvalue weighted by Gasteiger charge is -2.38. The van der Waals surface area contributed by atoms with Gasteiger partial charge in [0.15, 0.2) is 0 Å². The summed E-state index contributed by atoms with van der Waals surface area (Å²) in [5.41, 5.74) is 1.07. The van der Waals surface area contributed by atoms with Crippen molar-refractivity contribution in [3.8, 4) is 0 Å². The zero-order chi connectivity index (χ0) is 21.4. The van der Waals surface area contributed by atoms with Gasteiger partial charge in [0.05, 0.1) is 6.61 Å². The van der Waals surface area contributed by atoms with Crippen molar-refractivity contribution in [1.29, 1.82) is 0 Å². The molecule has 4 atom stereocenters. The van der Waals surface area contributed by atoms with E-state index in [4.69, 9.17) is 4.74 Å². The van der Waals surface area contributed by atoms with Crippen molar-refractivity contribution in [3.05, 3.63) is 35.9 Å². The highest BCUT2D eigenvalue weighted by Gasteiger charge is 2.48. The van der Waals surface area contributed by atoms with Gasteiger partial charge in [-0.05, 0) is 24.3 Å². The van der Waals surface area contributed by atoms with Crippen LogP contribution in [0.15, 0.2) is 30.3 Å². The minimum Gasteiger partial charge on any atom is -0.480 e. The Morgan fingerprint density at radius 2 is 1.90 bits per heavy atom. The molecule has 1 amide bonds. The number of aliphatic carboxylic acids is 1. The standard InChI is InChI=1S/C23H36N2O4/c1-5-17(6-2)12-20(24-16(3)26)22-19(15-29-4)13-21(23(27)28)25(22)14-18-10-8-7-9-11-18/h7-11,17,19-22H,5-6,12-15H2,1-4H3,(H,24,26)(H,27,28)/t19-,20-,21+,22+/m0/s1. The molecule has 2 rings (SSSR count). The highest BCUT2D eigenvalue weighted by atomic mass is 16.5. The van der Waals surface area contributed by atoms with Gasteiger partial charge in [-0.25, -0.2) is 0 Å². The molecule has 2 N–H and O–H groups in total. The summed E-state index contributed by atoms with van der Waals surface area (Å²) in [4.78, 5) is 26.2. The van der Waals surface area contributed by atoms with Crippen molar-refractivity contribution >= 4 is 11.9 Å². The first-order chi connectivity index (χ1) is 13.9. The van der Waals surface area contributed by atoms with Crippen LogP contribution < -0.4 is 5.32 Å². The number of methoxy groups -OCH3 is 1. The predicted octanol–water partition coefficient (Wildman–Crippen LogP) is 3.31. The lowest BCUT2D eigenvalue weighted by Crippen LogP contribution is -2.54. The molecule has 1 saturated heterocycles. The van der Waals surface area contributed by atoms with Crippen molar-refractivity contribution in [3.63, 3.8) is 0 Å². The number of hydrogen-bond donors (Lipinski definition) is 2. The number of nitrogens with zero attached hydrogens (tertiary/aromatic N) is 1. The summed E-state index contributed by atoms with van der Waals surface area (Å²) < 4.78 is 5.46. The first-order valence-corrected chi connectivity index (χ1v) is 10.7. The van der Waals surface area contributed by atoms with Crippen LogP contribution >= 0.6 is 0 Å². The molecule has 0 aliphatic carbocycles. The van der Waals surface area contributed by atoms with Crippen LogP contribution in [0.25, 0.3) is 0 Å². The van der Waals surface area contributed by atoms with Gasteiger partial charge in [0.2, 0.25) is 5.91 Å². The SMILES string of the molecule is CCC(CC)C[C@H](NC(C)=O)[C@H]1[C@H](COC)C[C@H](C(=O)O)N1Cc1ccccc1. The monoisotopic (exact) mass is 404 g/mol. The molecular weight excluding hydrogens is 368 g/mol. The van der Waals surface area contributed by atoms with Gasteiger partial charge in [-0.1, -0.05) is 57.0 Å². The van der Waals surface area contributed by atoms with Crippen LogP contribution in [0, 0.1) is 11.8 Å². The van der Waals surface area contributed by atoms with Crippen molar-refractivity contribution in [2.75, 3.05) is 13.7 Å². The number of rotatable bonds is 11. The normalized spacial score (nSPS) is 23.3. The lowest BCUT2D eigenvalue weighted by atomic mass is 9.86. The van der Waals surface area contributed by atoms with Crippen molar-refractivity contribution in [2.24, 2.45) is 11.8 Å². The number of ether oxygens (including phenoxy) is 1. The molecule has 29 heavy (non-hydrogen) atoms. The minimum absolute atomic E-state index is 0.0519. The molecule has 0 bridgehead atoms. The summed E-state index contributed by atoms with van der Waals surface area (Å²) in [6, 6.07) is 9.17. The quantitative estimate of drug-likeness (QED) is 0.592. The van der Waals surface area contributed by atoms with Crippen LogP contribution in [-0.4, -0.2) is 53.7 Å². The Morgan fingerprint density at radius 3 is 2.41 bits per heavy atom. The molecule has 6 heteroatoms. The smallest absolute Gasteiger partial charge is 0.320 e. The lowest BCUT2D eigenvalue weighted by molar-refractivity contribution is -0.143. The second kappa shape index (κ2) is 11.3. The highest BCUT2D eigenvalue weighted by molar-refractivity contribution is 5.75. The molecule has 1 aromatic carbocycles. The summed E-state index contributed by atoms with van der Waals surface area (Å²) in [5, 5.41) is 13.1. The van der Waals surface area contributed by atoms with Crippen LogP contribution in [0.5, 0.6) is 0 Å². The maximum absolute atomic E-state index is 12.1.